The largest absolute Gasteiger partial charge is 0.242 e. The van der Waals surface area contributed by atoms with Crippen LogP contribution in [0.4, 0.5) is 0 Å². The first-order valence-corrected chi connectivity index (χ1v) is 4.38. The number of hydrogen-bond acceptors (Lipinski definition) is 3. The molecule has 2 rings (SSSR count). The lowest BCUT2D eigenvalue weighted by molar-refractivity contribution is 1.35. The molecule has 0 amide bonds. The van der Waals surface area contributed by atoms with Crippen LogP contribution in [0.15, 0.2) is 18.2 Å². The molecule has 0 saturated heterocycles. The maximum absolute atomic E-state index is 8.64. The number of thiazole rings is 1. The van der Waals surface area contributed by atoms with Gasteiger partial charge in [-0.15, -0.1) is 11.3 Å². The molecule has 1 heterocycles. The molecule has 0 saturated carbocycles. The van der Waals surface area contributed by atoms with Gasteiger partial charge in [0.1, 0.15) is 0 Å². The molecule has 1 aromatic heterocycles. The third-order valence-electron chi connectivity index (χ3n) is 1.62. The minimum absolute atomic E-state index is 0.700. The summed E-state index contributed by atoms with van der Waals surface area (Å²) in [5.41, 5.74) is 1.68. The lowest BCUT2D eigenvalue weighted by Crippen LogP contribution is -1.72. The third-order valence-corrected chi connectivity index (χ3v) is 2.56. The van der Waals surface area contributed by atoms with Crippen molar-refractivity contribution in [1.82, 2.24) is 4.98 Å². The van der Waals surface area contributed by atoms with Crippen molar-refractivity contribution in [3.05, 3.63) is 28.8 Å². The molecule has 0 fully saturated rings. The van der Waals surface area contributed by atoms with E-state index in [4.69, 9.17) is 5.26 Å². The van der Waals surface area contributed by atoms with Crippen molar-refractivity contribution < 1.29 is 0 Å². The SMILES string of the molecule is Cc1nc2ccc(C#N)cc2s1. The number of nitriles is 1. The summed E-state index contributed by atoms with van der Waals surface area (Å²) >= 11 is 1.62. The van der Waals surface area contributed by atoms with Crippen LogP contribution >= 0.6 is 11.3 Å². The topological polar surface area (TPSA) is 36.7 Å². The fourth-order valence-corrected chi connectivity index (χ4v) is 1.98. The van der Waals surface area contributed by atoms with Crippen molar-refractivity contribution in [2.24, 2.45) is 0 Å². The second-order valence-electron chi connectivity index (χ2n) is 2.53. The van der Waals surface area contributed by atoms with E-state index in [1.807, 2.05) is 19.1 Å². The molecule has 0 aliphatic carbocycles. The van der Waals surface area contributed by atoms with Gasteiger partial charge in [-0.25, -0.2) is 4.98 Å². The summed E-state index contributed by atoms with van der Waals surface area (Å²) in [5.74, 6) is 0. The molecule has 0 N–H and O–H groups in total. The lowest BCUT2D eigenvalue weighted by atomic mass is 10.2. The monoisotopic (exact) mass is 174 g/mol. The Labute approximate surface area is 74.1 Å². The Morgan fingerprint density at radius 3 is 3.08 bits per heavy atom. The third kappa shape index (κ3) is 1.06. The highest BCUT2D eigenvalue weighted by Gasteiger charge is 1.99. The lowest BCUT2D eigenvalue weighted by Gasteiger charge is -1.86. The molecular weight excluding hydrogens is 168 g/mol. The Hall–Kier alpha value is -1.40. The summed E-state index contributed by atoms with van der Waals surface area (Å²) in [4.78, 5) is 4.30. The first-order valence-electron chi connectivity index (χ1n) is 3.57. The van der Waals surface area contributed by atoms with E-state index in [9.17, 15) is 0 Å². The zero-order valence-corrected chi connectivity index (χ0v) is 7.35. The Morgan fingerprint density at radius 1 is 1.50 bits per heavy atom. The average Bonchev–Trinajstić information content (AvgIpc) is 2.43. The molecule has 12 heavy (non-hydrogen) atoms. The van der Waals surface area contributed by atoms with Crippen LogP contribution in [-0.2, 0) is 0 Å². The van der Waals surface area contributed by atoms with Gasteiger partial charge >= 0.3 is 0 Å². The molecule has 3 heteroatoms. The molecular formula is C9H6N2S. The van der Waals surface area contributed by atoms with Crippen LogP contribution < -0.4 is 0 Å². The van der Waals surface area contributed by atoms with Crippen molar-refractivity contribution in [2.75, 3.05) is 0 Å². The predicted molar refractivity (Wildman–Crippen MR) is 49.1 cm³/mol. The van der Waals surface area contributed by atoms with Gasteiger partial charge in [0.05, 0.1) is 26.9 Å². The average molecular weight is 174 g/mol. The van der Waals surface area contributed by atoms with E-state index >= 15 is 0 Å². The number of aromatic nitrogens is 1. The fraction of sp³-hybridized carbons (Fsp3) is 0.111. The molecule has 0 aliphatic rings. The van der Waals surface area contributed by atoms with Crippen molar-refractivity contribution in [3.8, 4) is 6.07 Å². The van der Waals surface area contributed by atoms with E-state index in [-0.39, 0.29) is 0 Å². The summed E-state index contributed by atoms with van der Waals surface area (Å²) in [7, 11) is 0. The van der Waals surface area contributed by atoms with Crippen molar-refractivity contribution >= 4 is 21.6 Å². The van der Waals surface area contributed by atoms with Gasteiger partial charge in [0.2, 0.25) is 0 Å². The number of fused-ring (bicyclic) bond motifs is 1. The van der Waals surface area contributed by atoms with Crippen LogP contribution in [0.2, 0.25) is 0 Å². The number of hydrogen-bond donors (Lipinski definition) is 0. The maximum Gasteiger partial charge on any atom is 0.0992 e. The van der Waals surface area contributed by atoms with Gasteiger partial charge in [0, 0.05) is 0 Å². The Bertz CT molecular complexity index is 465. The highest BCUT2D eigenvalue weighted by Crippen LogP contribution is 2.21. The Balaban J connectivity index is 2.77. The van der Waals surface area contributed by atoms with Gasteiger partial charge in [0.15, 0.2) is 0 Å². The van der Waals surface area contributed by atoms with E-state index in [1.165, 1.54) is 0 Å². The number of rotatable bonds is 0. The van der Waals surface area contributed by atoms with Crippen LogP contribution in [0.1, 0.15) is 10.6 Å². The number of benzene rings is 1. The number of nitrogens with zero attached hydrogens (tertiary/aromatic N) is 2. The quantitative estimate of drug-likeness (QED) is 0.615. The fourth-order valence-electron chi connectivity index (χ4n) is 1.11. The maximum atomic E-state index is 8.64. The molecule has 2 aromatic rings. The van der Waals surface area contributed by atoms with Gasteiger partial charge < -0.3 is 0 Å². The molecule has 1 aromatic carbocycles. The van der Waals surface area contributed by atoms with Gasteiger partial charge in [-0.3, -0.25) is 0 Å². The predicted octanol–water partition coefficient (Wildman–Crippen LogP) is 2.48. The van der Waals surface area contributed by atoms with Crippen molar-refractivity contribution in [1.29, 1.82) is 5.26 Å². The molecule has 0 bridgehead atoms. The van der Waals surface area contributed by atoms with Gasteiger partial charge in [0.25, 0.3) is 0 Å². The first-order chi connectivity index (χ1) is 5.79. The molecule has 0 spiro atoms. The molecule has 0 atom stereocenters. The minimum atomic E-state index is 0.700. The zero-order chi connectivity index (χ0) is 8.55. The van der Waals surface area contributed by atoms with Crippen molar-refractivity contribution in [3.63, 3.8) is 0 Å². The molecule has 0 unspecified atom stereocenters. The molecule has 2 nitrogen and oxygen atoms in total. The standard InChI is InChI=1S/C9H6N2S/c1-6-11-8-3-2-7(5-10)4-9(8)12-6/h2-4H,1H3. The van der Waals surface area contributed by atoms with Gasteiger partial charge in [-0.2, -0.15) is 5.26 Å². The minimum Gasteiger partial charge on any atom is -0.242 e. The van der Waals surface area contributed by atoms with Crippen LogP contribution in [0, 0.1) is 18.3 Å². The van der Waals surface area contributed by atoms with E-state index in [1.54, 1.807) is 17.4 Å². The smallest absolute Gasteiger partial charge is 0.0992 e. The zero-order valence-electron chi connectivity index (χ0n) is 6.53. The molecule has 0 radical (unpaired) electrons. The molecule has 0 aliphatic heterocycles. The second kappa shape index (κ2) is 2.58. The van der Waals surface area contributed by atoms with E-state index in [2.05, 4.69) is 11.1 Å². The summed E-state index contributed by atoms with van der Waals surface area (Å²) in [6.07, 6.45) is 0. The summed E-state index contributed by atoms with van der Waals surface area (Å²) in [6, 6.07) is 7.66. The summed E-state index contributed by atoms with van der Waals surface area (Å²) in [6.45, 7) is 1.97. The van der Waals surface area contributed by atoms with E-state index < -0.39 is 0 Å². The highest BCUT2D eigenvalue weighted by atomic mass is 32.1. The highest BCUT2D eigenvalue weighted by molar-refractivity contribution is 7.18. The van der Waals surface area contributed by atoms with Gasteiger partial charge in [-0.05, 0) is 25.1 Å². The Morgan fingerprint density at radius 2 is 2.33 bits per heavy atom. The first kappa shape index (κ1) is 7.26. The summed E-state index contributed by atoms with van der Waals surface area (Å²) < 4.78 is 1.09. The Kier molecular flexibility index (Phi) is 1.56. The second-order valence-corrected chi connectivity index (χ2v) is 3.76. The van der Waals surface area contributed by atoms with Crippen LogP contribution in [0.25, 0.3) is 10.2 Å². The normalized spacial score (nSPS) is 10.0. The van der Waals surface area contributed by atoms with Crippen molar-refractivity contribution in [2.45, 2.75) is 6.92 Å². The van der Waals surface area contributed by atoms with Crippen LogP contribution in [0.5, 0.6) is 0 Å². The number of aryl methyl sites for hydroxylation is 1. The van der Waals surface area contributed by atoms with Gasteiger partial charge in [-0.1, -0.05) is 0 Å². The van der Waals surface area contributed by atoms with Crippen LogP contribution in [-0.4, -0.2) is 4.98 Å². The van der Waals surface area contributed by atoms with E-state index in [0.29, 0.717) is 5.56 Å². The van der Waals surface area contributed by atoms with E-state index in [0.717, 1.165) is 15.2 Å². The molecule has 58 valence electrons. The van der Waals surface area contributed by atoms with Crippen LogP contribution in [0.3, 0.4) is 0 Å². The summed E-state index contributed by atoms with van der Waals surface area (Å²) in [5, 5.41) is 9.68.